The molecule has 9 heteroatoms. The fourth-order valence-corrected chi connectivity index (χ4v) is 2.91. The van der Waals surface area contributed by atoms with Gasteiger partial charge in [0.2, 0.25) is 10.9 Å². The number of carbonyl (C=O) groups is 1. The van der Waals surface area contributed by atoms with Crippen LogP contribution in [0, 0.1) is 0 Å². The lowest BCUT2D eigenvalue weighted by atomic mass is 10.2. The van der Waals surface area contributed by atoms with E-state index >= 15 is 0 Å². The average Bonchev–Trinajstić information content (AvgIpc) is 2.45. The second-order valence-electron chi connectivity index (χ2n) is 3.64. The molecule has 0 aliphatic rings. The molecule has 1 aromatic rings. The zero-order chi connectivity index (χ0) is 13.2. The van der Waals surface area contributed by atoms with Gasteiger partial charge in [0, 0.05) is 19.5 Å². The van der Waals surface area contributed by atoms with Crippen molar-refractivity contribution in [3.05, 3.63) is 11.5 Å². The highest BCUT2D eigenvalue weighted by molar-refractivity contribution is 7.89. The van der Waals surface area contributed by atoms with Crippen LogP contribution < -0.4 is 10.5 Å². The quantitative estimate of drug-likeness (QED) is 0.766. The van der Waals surface area contributed by atoms with Crippen molar-refractivity contribution in [3.8, 4) is 0 Å². The molecule has 7 nitrogen and oxygen atoms in total. The van der Waals surface area contributed by atoms with Crippen LogP contribution in [-0.4, -0.2) is 29.9 Å². The first-order chi connectivity index (χ1) is 7.74. The number of nitrogens with one attached hydrogen (secondary N) is 1. The minimum absolute atomic E-state index is 0.00350. The van der Waals surface area contributed by atoms with E-state index in [1.54, 1.807) is 7.05 Å². The van der Waals surface area contributed by atoms with E-state index in [9.17, 15) is 13.2 Å². The zero-order valence-electron chi connectivity index (χ0n) is 9.34. The van der Waals surface area contributed by atoms with Gasteiger partial charge < -0.3 is 10.3 Å². The molecule has 0 spiro atoms. The van der Waals surface area contributed by atoms with Gasteiger partial charge in [-0.25, -0.2) is 18.1 Å². The standard InChI is InChI=1S/C8H13ClN4O3S/c1-5(3-6(10)14)12-17(15,16)8-7(9)13(2)4-11-8/h4-5,12H,3H2,1-2H3,(H2,10,14). The second-order valence-corrected chi connectivity index (χ2v) is 5.63. The monoisotopic (exact) mass is 280 g/mol. The molecule has 3 N–H and O–H groups in total. The van der Waals surface area contributed by atoms with E-state index in [-0.39, 0.29) is 16.6 Å². The number of carbonyl (C=O) groups excluding carboxylic acids is 1. The minimum atomic E-state index is -3.84. The molecule has 1 amide bonds. The van der Waals surface area contributed by atoms with Crippen LogP contribution in [0.1, 0.15) is 13.3 Å². The van der Waals surface area contributed by atoms with Crippen LogP contribution in [0.5, 0.6) is 0 Å². The normalized spacial score (nSPS) is 13.6. The lowest BCUT2D eigenvalue weighted by Crippen LogP contribution is -2.36. The Morgan fingerprint density at radius 3 is 2.71 bits per heavy atom. The van der Waals surface area contributed by atoms with Gasteiger partial charge in [-0.3, -0.25) is 4.79 Å². The first kappa shape index (κ1) is 13.9. The SMILES string of the molecule is CC(CC(N)=O)NS(=O)(=O)c1ncn(C)c1Cl. The first-order valence-electron chi connectivity index (χ1n) is 4.71. The Bertz CT molecular complexity index is 525. The Morgan fingerprint density at radius 1 is 1.71 bits per heavy atom. The minimum Gasteiger partial charge on any atom is -0.370 e. The molecule has 0 aliphatic carbocycles. The number of primary amides is 1. The molecule has 0 fully saturated rings. The van der Waals surface area contributed by atoms with Crippen molar-refractivity contribution in [2.75, 3.05) is 0 Å². The third-order valence-electron chi connectivity index (χ3n) is 1.95. The molecule has 1 unspecified atom stereocenters. The van der Waals surface area contributed by atoms with E-state index in [0.717, 1.165) is 0 Å². The molecule has 96 valence electrons. The molecule has 1 atom stereocenters. The van der Waals surface area contributed by atoms with E-state index in [1.165, 1.54) is 17.8 Å². The van der Waals surface area contributed by atoms with Gasteiger partial charge in [-0.2, -0.15) is 0 Å². The Hall–Kier alpha value is -1.12. The van der Waals surface area contributed by atoms with Crippen molar-refractivity contribution < 1.29 is 13.2 Å². The van der Waals surface area contributed by atoms with Gasteiger partial charge in [0.05, 0.1) is 6.33 Å². The molecule has 0 radical (unpaired) electrons. The summed E-state index contributed by atoms with van der Waals surface area (Å²) in [6, 6.07) is -0.615. The maximum atomic E-state index is 11.8. The van der Waals surface area contributed by atoms with E-state index in [1.807, 2.05) is 0 Å². The number of nitrogens with zero attached hydrogens (tertiary/aromatic N) is 2. The summed E-state index contributed by atoms with van der Waals surface area (Å²) in [6.45, 7) is 1.53. The Morgan fingerprint density at radius 2 is 2.29 bits per heavy atom. The average molecular weight is 281 g/mol. The molecule has 1 heterocycles. The van der Waals surface area contributed by atoms with Crippen LogP contribution in [-0.2, 0) is 21.9 Å². The summed E-state index contributed by atoms with van der Waals surface area (Å²) in [6.07, 6.45) is 1.19. The van der Waals surface area contributed by atoms with Crippen LogP contribution in [0.3, 0.4) is 0 Å². The highest BCUT2D eigenvalue weighted by atomic mass is 35.5. The topological polar surface area (TPSA) is 107 Å². The van der Waals surface area contributed by atoms with Crippen molar-refractivity contribution in [1.29, 1.82) is 0 Å². The number of amides is 1. The maximum Gasteiger partial charge on any atom is 0.261 e. The third kappa shape index (κ3) is 3.42. The number of aryl methyl sites for hydroxylation is 1. The fraction of sp³-hybridized carbons (Fsp3) is 0.500. The molecule has 0 saturated heterocycles. The predicted octanol–water partition coefficient (Wildman–Crippen LogP) is -0.384. The number of aromatic nitrogens is 2. The van der Waals surface area contributed by atoms with Crippen LogP contribution in [0.2, 0.25) is 5.15 Å². The van der Waals surface area contributed by atoms with Gasteiger partial charge >= 0.3 is 0 Å². The molecule has 0 aliphatic heterocycles. The van der Waals surface area contributed by atoms with Crippen LogP contribution >= 0.6 is 11.6 Å². The summed E-state index contributed by atoms with van der Waals surface area (Å²) in [5.41, 5.74) is 4.97. The van der Waals surface area contributed by atoms with Gasteiger partial charge in [-0.1, -0.05) is 11.6 Å². The first-order valence-corrected chi connectivity index (χ1v) is 6.57. The van der Waals surface area contributed by atoms with Gasteiger partial charge in [0.15, 0.2) is 0 Å². The van der Waals surface area contributed by atoms with Crippen molar-refractivity contribution in [3.63, 3.8) is 0 Å². The molecular weight excluding hydrogens is 268 g/mol. The van der Waals surface area contributed by atoms with Crippen molar-refractivity contribution in [1.82, 2.24) is 14.3 Å². The van der Waals surface area contributed by atoms with Crippen LogP contribution in [0.15, 0.2) is 11.4 Å². The molecule has 1 rings (SSSR count). The number of rotatable bonds is 5. The Balaban J connectivity index is 2.90. The van der Waals surface area contributed by atoms with Gasteiger partial charge in [-0.05, 0) is 6.92 Å². The summed E-state index contributed by atoms with van der Waals surface area (Å²) in [7, 11) is -2.27. The Labute approximate surface area is 104 Å². The number of nitrogens with two attached hydrogens (primary N) is 1. The van der Waals surface area contributed by atoms with Gasteiger partial charge in [0.1, 0.15) is 5.15 Å². The maximum absolute atomic E-state index is 11.8. The second kappa shape index (κ2) is 5.03. The Kier molecular flexibility index (Phi) is 4.12. The molecular formula is C8H13ClN4O3S. The summed E-state index contributed by atoms with van der Waals surface area (Å²) in [5.74, 6) is -0.590. The van der Waals surface area contributed by atoms with Crippen molar-refractivity contribution >= 4 is 27.5 Å². The lowest BCUT2D eigenvalue weighted by molar-refractivity contribution is -0.118. The zero-order valence-corrected chi connectivity index (χ0v) is 10.9. The third-order valence-corrected chi connectivity index (χ3v) is 4.03. The predicted molar refractivity (Wildman–Crippen MR) is 61.8 cm³/mol. The number of hydrogen-bond donors (Lipinski definition) is 2. The van der Waals surface area contributed by atoms with Crippen LogP contribution in [0.25, 0.3) is 0 Å². The number of halogens is 1. The molecule has 1 aromatic heterocycles. The van der Waals surface area contributed by atoms with Gasteiger partial charge in [-0.15, -0.1) is 0 Å². The number of sulfonamides is 1. The summed E-state index contributed by atoms with van der Waals surface area (Å²) < 4.78 is 27.3. The highest BCUT2D eigenvalue weighted by Gasteiger charge is 2.24. The highest BCUT2D eigenvalue weighted by Crippen LogP contribution is 2.18. The fourth-order valence-electron chi connectivity index (χ4n) is 1.24. The van der Waals surface area contributed by atoms with Gasteiger partial charge in [0.25, 0.3) is 10.0 Å². The largest absolute Gasteiger partial charge is 0.370 e. The molecule has 17 heavy (non-hydrogen) atoms. The summed E-state index contributed by atoms with van der Waals surface area (Å²) in [5, 5.41) is -0.262. The van der Waals surface area contributed by atoms with Crippen LogP contribution in [0.4, 0.5) is 0 Å². The van der Waals surface area contributed by atoms with E-state index < -0.39 is 22.0 Å². The summed E-state index contributed by atoms with van der Waals surface area (Å²) >= 11 is 5.77. The number of hydrogen-bond acceptors (Lipinski definition) is 4. The number of imidazole rings is 1. The smallest absolute Gasteiger partial charge is 0.261 e. The van der Waals surface area contributed by atoms with Crippen molar-refractivity contribution in [2.45, 2.75) is 24.4 Å². The lowest BCUT2D eigenvalue weighted by Gasteiger charge is -2.11. The molecule has 0 bridgehead atoms. The van der Waals surface area contributed by atoms with E-state index in [2.05, 4.69) is 9.71 Å². The molecule has 0 saturated carbocycles. The summed E-state index contributed by atoms with van der Waals surface area (Å²) in [4.78, 5) is 14.3. The molecule has 0 aromatic carbocycles. The van der Waals surface area contributed by atoms with Crippen molar-refractivity contribution in [2.24, 2.45) is 12.8 Å². The van der Waals surface area contributed by atoms with E-state index in [0.29, 0.717) is 0 Å². The van der Waals surface area contributed by atoms with E-state index in [4.69, 9.17) is 17.3 Å².